The van der Waals surface area contributed by atoms with E-state index in [0.29, 0.717) is 15.9 Å². The predicted octanol–water partition coefficient (Wildman–Crippen LogP) is 4.54. The van der Waals surface area contributed by atoms with E-state index < -0.39 is 37.6 Å². The van der Waals surface area contributed by atoms with Crippen LogP contribution in [-0.4, -0.2) is 62.8 Å². The number of pyridine rings is 1. The molecule has 4 aromatic rings. The molecule has 1 amide bonds. The minimum atomic E-state index is -4.71. The van der Waals surface area contributed by atoms with Gasteiger partial charge in [0.15, 0.2) is 20.4 Å². The number of hydrogen-bond donors (Lipinski definition) is 2. The fraction of sp³-hybridized carbons (Fsp3) is 0.423. The summed E-state index contributed by atoms with van der Waals surface area (Å²) in [5.74, 6) is -0.193. The number of H-pyrrole nitrogens is 1. The molecule has 2 atom stereocenters. The van der Waals surface area contributed by atoms with Gasteiger partial charge in [-0.3, -0.25) is 9.59 Å². The van der Waals surface area contributed by atoms with Crippen molar-refractivity contribution in [2.75, 3.05) is 18.4 Å². The van der Waals surface area contributed by atoms with Gasteiger partial charge in [-0.2, -0.15) is 13.2 Å². The van der Waals surface area contributed by atoms with Gasteiger partial charge in [-0.15, -0.1) is 11.3 Å². The standard InChI is InChI=1S/C24H23F3N6O4S2.C2H6/c1-11-9-33(10-12(2)39(11,36)37)23(35)22-32-16-5-4-14(6-19(16)38-22)28-8-18-15(24(25,26)27)7-17-20(31-18)21(34)30-13(3)29-17;1-2/h4-7,11-12,28H,8-10H2,1-3H3,(H,29,30,34);1-2H3. The molecule has 15 heteroatoms. The number of thiazole rings is 1. The molecule has 2 N–H and O–H groups in total. The molecule has 0 saturated carbocycles. The lowest BCUT2D eigenvalue weighted by Crippen LogP contribution is -2.52. The smallest absolute Gasteiger partial charge is 0.379 e. The Morgan fingerprint density at radius 1 is 1.10 bits per heavy atom. The quantitative estimate of drug-likeness (QED) is 0.344. The van der Waals surface area contributed by atoms with Gasteiger partial charge in [0.05, 0.1) is 44.0 Å². The number of benzene rings is 1. The number of nitrogens with zero attached hydrogens (tertiary/aromatic N) is 4. The molecule has 0 radical (unpaired) electrons. The number of aromatic nitrogens is 4. The van der Waals surface area contributed by atoms with Crippen LogP contribution >= 0.6 is 11.3 Å². The normalized spacial score (nSPS) is 18.7. The Morgan fingerprint density at radius 2 is 1.76 bits per heavy atom. The van der Waals surface area contributed by atoms with Crippen LogP contribution in [0.25, 0.3) is 21.3 Å². The molecule has 0 aliphatic carbocycles. The number of fused-ring (bicyclic) bond motifs is 2. The third-order valence-corrected chi connectivity index (χ3v) is 10.1. The number of carbonyl (C=O) groups excluding carboxylic acids is 1. The minimum Gasteiger partial charge on any atom is -0.379 e. The summed E-state index contributed by atoms with van der Waals surface area (Å²) in [5.41, 5.74) is -1.36. The van der Waals surface area contributed by atoms with Crippen molar-refractivity contribution in [2.45, 2.75) is 57.8 Å². The first-order valence-corrected chi connectivity index (χ1v) is 15.3. The molecule has 0 spiro atoms. The van der Waals surface area contributed by atoms with Gasteiger partial charge >= 0.3 is 6.18 Å². The Morgan fingerprint density at radius 3 is 2.39 bits per heavy atom. The molecule has 4 heterocycles. The molecule has 2 unspecified atom stereocenters. The van der Waals surface area contributed by atoms with E-state index in [1.807, 2.05) is 13.8 Å². The zero-order valence-corrected chi connectivity index (χ0v) is 24.6. The van der Waals surface area contributed by atoms with Crippen LogP contribution in [0.3, 0.4) is 0 Å². The van der Waals surface area contributed by atoms with E-state index in [-0.39, 0.29) is 53.1 Å². The molecule has 1 aliphatic heterocycles. The van der Waals surface area contributed by atoms with Gasteiger partial charge in [-0.05, 0) is 45.0 Å². The number of aryl methyl sites for hydroxylation is 1. The van der Waals surface area contributed by atoms with E-state index in [2.05, 4.69) is 25.3 Å². The molecule has 0 bridgehead atoms. The summed E-state index contributed by atoms with van der Waals surface area (Å²) in [6.07, 6.45) is -4.71. The molecule has 1 aliphatic rings. The average molecular weight is 611 g/mol. The number of aromatic amines is 1. The zero-order valence-electron chi connectivity index (χ0n) is 23.0. The van der Waals surface area contributed by atoms with Crippen LogP contribution in [-0.2, 0) is 22.6 Å². The zero-order chi connectivity index (χ0) is 30.3. The third-order valence-electron chi connectivity index (χ3n) is 6.58. The van der Waals surface area contributed by atoms with Gasteiger partial charge in [0.2, 0.25) is 0 Å². The summed E-state index contributed by atoms with van der Waals surface area (Å²) >= 11 is 1.11. The second-order valence-electron chi connectivity index (χ2n) is 9.47. The van der Waals surface area contributed by atoms with Crippen molar-refractivity contribution < 1.29 is 26.4 Å². The Labute approximate surface area is 238 Å². The SMILES string of the molecule is CC.Cc1nc2cc(C(F)(F)F)c(CNc3ccc4nc(C(=O)N5CC(C)S(=O)(=O)C(C)C5)sc4c3)nc2c(=O)[nH]1. The number of alkyl halides is 3. The molecular formula is C26H29F3N6O4S2. The number of rotatable bonds is 4. The van der Waals surface area contributed by atoms with Gasteiger partial charge in [-0.25, -0.2) is 23.4 Å². The van der Waals surface area contributed by atoms with Gasteiger partial charge in [-0.1, -0.05) is 13.8 Å². The number of amides is 1. The maximum Gasteiger partial charge on any atom is 0.418 e. The fourth-order valence-corrected chi connectivity index (χ4v) is 7.06. The molecule has 41 heavy (non-hydrogen) atoms. The molecule has 220 valence electrons. The molecule has 5 rings (SSSR count). The van der Waals surface area contributed by atoms with Gasteiger partial charge < -0.3 is 15.2 Å². The number of sulfone groups is 1. The van der Waals surface area contributed by atoms with Crippen molar-refractivity contribution in [3.05, 3.63) is 56.7 Å². The van der Waals surface area contributed by atoms with Gasteiger partial charge in [0.25, 0.3) is 11.5 Å². The lowest BCUT2D eigenvalue weighted by atomic mass is 10.1. The van der Waals surface area contributed by atoms with Crippen molar-refractivity contribution in [3.8, 4) is 0 Å². The molecule has 1 aromatic carbocycles. The van der Waals surface area contributed by atoms with E-state index in [4.69, 9.17) is 0 Å². The predicted molar refractivity (Wildman–Crippen MR) is 152 cm³/mol. The van der Waals surface area contributed by atoms with Crippen molar-refractivity contribution in [1.29, 1.82) is 0 Å². The first kappa shape index (κ1) is 30.4. The maximum atomic E-state index is 13.8. The van der Waals surface area contributed by atoms with Crippen LogP contribution in [0.15, 0.2) is 29.1 Å². The van der Waals surface area contributed by atoms with Crippen molar-refractivity contribution in [1.82, 2.24) is 24.8 Å². The van der Waals surface area contributed by atoms with E-state index >= 15 is 0 Å². The van der Waals surface area contributed by atoms with Crippen LogP contribution in [0, 0.1) is 6.92 Å². The van der Waals surface area contributed by atoms with Crippen molar-refractivity contribution in [2.24, 2.45) is 0 Å². The monoisotopic (exact) mass is 610 g/mol. The highest BCUT2D eigenvalue weighted by Crippen LogP contribution is 2.33. The van der Waals surface area contributed by atoms with Gasteiger partial charge in [0.1, 0.15) is 5.82 Å². The second kappa shape index (κ2) is 11.4. The van der Waals surface area contributed by atoms with Crippen LogP contribution in [0.1, 0.15) is 54.6 Å². The first-order chi connectivity index (χ1) is 19.2. The van der Waals surface area contributed by atoms with E-state index in [1.54, 1.807) is 32.0 Å². The summed E-state index contributed by atoms with van der Waals surface area (Å²) in [6, 6.07) is 5.72. The fourth-order valence-electron chi connectivity index (χ4n) is 4.52. The van der Waals surface area contributed by atoms with Crippen LogP contribution < -0.4 is 10.9 Å². The van der Waals surface area contributed by atoms with Crippen LogP contribution in [0.2, 0.25) is 0 Å². The van der Waals surface area contributed by atoms with Crippen LogP contribution in [0.4, 0.5) is 18.9 Å². The minimum absolute atomic E-state index is 0.0759. The Kier molecular flexibility index (Phi) is 8.41. The summed E-state index contributed by atoms with van der Waals surface area (Å²) in [7, 11) is -3.29. The number of nitrogens with one attached hydrogen (secondary N) is 2. The number of hydrogen-bond acceptors (Lipinski definition) is 9. The molecular weight excluding hydrogens is 581 g/mol. The van der Waals surface area contributed by atoms with Crippen molar-refractivity contribution in [3.63, 3.8) is 0 Å². The third kappa shape index (κ3) is 6.05. The van der Waals surface area contributed by atoms with Crippen LogP contribution in [0.5, 0.6) is 0 Å². The van der Waals surface area contributed by atoms with E-state index in [9.17, 15) is 31.2 Å². The second-order valence-corrected chi connectivity index (χ2v) is 13.3. The van der Waals surface area contributed by atoms with Gasteiger partial charge in [0, 0.05) is 18.8 Å². The highest BCUT2D eigenvalue weighted by Gasteiger charge is 2.38. The molecule has 3 aromatic heterocycles. The molecule has 1 saturated heterocycles. The summed E-state index contributed by atoms with van der Waals surface area (Å²) in [6.45, 7) is 8.44. The molecule has 1 fully saturated rings. The Balaban J connectivity index is 0.00000189. The Bertz CT molecular complexity index is 1770. The van der Waals surface area contributed by atoms with E-state index in [1.165, 1.54) is 11.8 Å². The first-order valence-electron chi connectivity index (χ1n) is 12.9. The van der Waals surface area contributed by atoms with Crippen molar-refractivity contribution >= 4 is 54.0 Å². The lowest BCUT2D eigenvalue weighted by Gasteiger charge is -2.34. The summed E-state index contributed by atoms with van der Waals surface area (Å²) in [4.78, 5) is 41.5. The van der Waals surface area contributed by atoms with E-state index in [0.717, 1.165) is 17.4 Å². The summed E-state index contributed by atoms with van der Waals surface area (Å²) < 4.78 is 66.5. The highest BCUT2D eigenvalue weighted by molar-refractivity contribution is 7.92. The Hall–Kier alpha value is -3.59. The highest BCUT2D eigenvalue weighted by atomic mass is 32.2. The molecule has 10 nitrogen and oxygen atoms in total. The largest absolute Gasteiger partial charge is 0.418 e. The topological polar surface area (TPSA) is 138 Å². The lowest BCUT2D eigenvalue weighted by molar-refractivity contribution is -0.138. The number of anilines is 1. The maximum absolute atomic E-state index is 13.8. The number of carbonyl (C=O) groups is 1. The number of halogens is 3. The average Bonchev–Trinajstić information content (AvgIpc) is 3.34. The summed E-state index contributed by atoms with van der Waals surface area (Å²) in [5, 5.41) is 1.73.